The third kappa shape index (κ3) is 7.37. The summed E-state index contributed by atoms with van der Waals surface area (Å²) >= 11 is 0. The molecule has 0 spiro atoms. The second kappa shape index (κ2) is 10.6. The van der Waals surface area contributed by atoms with E-state index in [1.165, 1.54) is 11.0 Å². The van der Waals surface area contributed by atoms with Gasteiger partial charge in [0.25, 0.3) is 5.56 Å². The van der Waals surface area contributed by atoms with Gasteiger partial charge in [-0.05, 0) is 37.2 Å². The van der Waals surface area contributed by atoms with Crippen molar-refractivity contribution >= 4 is 21.8 Å². The van der Waals surface area contributed by atoms with E-state index in [-0.39, 0.29) is 30.4 Å². The van der Waals surface area contributed by atoms with Crippen LogP contribution in [0.15, 0.2) is 16.9 Å². The molecule has 0 unspecified atom stereocenters. The van der Waals surface area contributed by atoms with Crippen LogP contribution in [0.4, 0.5) is 4.79 Å². The van der Waals surface area contributed by atoms with Gasteiger partial charge in [-0.2, -0.15) is 5.26 Å². The number of hydrogen-bond donors (Lipinski definition) is 2. The predicted molar refractivity (Wildman–Crippen MR) is 116 cm³/mol. The van der Waals surface area contributed by atoms with Crippen LogP contribution in [-0.4, -0.2) is 61.4 Å². The summed E-state index contributed by atoms with van der Waals surface area (Å²) in [6.45, 7) is 0.939. The lowest BCUT2D eigenvalue weighted by atomic mass is 9.99. The Kier molecular flexibility index (Phi) is 7.90. The summed E-state index contributed by atoms with van der Waals surface area (Å²) in [5.74, 6) is -0.428. The lowest BCUT2D eigenvalue weighted by molar-refractivity contribution is -0.118. The Morgan fingerprint density at radius 1 is 1.19 bits per heavy atom. The number of unbranched alkanes of at least 4 members (excludes halogenated alkanes) is 2. The molecular weight excluding hydrogens is 436 g/mol. The fraction of sp³-hybridized carbons (Fsp3) is 0.619. The second-order valence-electron chi connectivity index (χ2n) is 8.41. The van der Waals surface area contributed by atoms with Gasteiger partial charge in [-0.25, -0.2) is 13.2 Å². The standard InChI is InChI=1S/C21H28N4O6S/c22-7-6-16(17-10-18(26)23-20(11-17)31-13-15-4-5-15)14-32(29,30)9-3-1-2-8-25-12-19(27)24-21(25)28/h10-11,15-16H,1-6,8-9,12-14H2,(H,23,26)(H,24,27,28)/t16-/m0/s1. The highest BCUT2D eigenvalue weighted by Gasteiger charge is 2.26. The summed E-state index contributed by atoms with van der Waals surface area (Å²) in [4.78, 5) is 38.7. The summed E-state index contributed by atoms with van der Waals surface area (Å²) in [7, 11) is -3.46. The monoisotopic (exact) mass is 464 g/mol. The van der Waals surface area contributed by atoms with Crippen molar-refractivity contribution in [3.63, 3.8) is 0 Å². The van der Waals surface area contributed by atoms with Crippen LogP contribution >= 0.6 is 0 Å². The highest BCUT2D eigenvalue weighted by molar-refractivity contribution is 7.91. The second-order valence-corrected chi connectivity index (χ2v) is 10.6. The van der Waals surface area contributed by atoms with Gasteiger partial charge in [0.15, 0.2) is 15.7 Å². The largest absolute Gasteiger partial charge is 0.479 e. The minimum Gasteiger partial charge on any atom is -0.479 e. The fourth-order valence-corrected chi connectivity index (χ4v) is 5.32. The summed E-state index contributed by atoms with van der Waals surface area (Å²) in [6, 6.07) is 4.54. The van der Waals surface area contributed by atoms with Gasteiger partial charge in [0, 0.05) is 31.0 Å². The highest BCUT2D eigenvalue weighted by Crippen LogP contribution is 2.30. The molecule has 32 heavy (non-hydrogen) atoms. The van der Waals surface area contributed by atoms with Crippen LogP contribution in [0.3, 0.4) is 0 Å². The number of carbonyl (C=O) groups excluding carboxylic acids is 2. The number of imide groups is 1. The normalized spacial score (nSPS) is 17.2. The van der Waals surface area contributed by atoms with E-state index in [1.54, 1.807) is 6.07 Å². The molecule has 1 saturated carbocycles. The molecule has 2 heterocycles. The Labute approximate surface area is 186 Å². The van der Waals surface area contributed by atoms with E-state index in [2.05, 4.69) is 10.3 Å². The van der Waals surface area contributed by atoms with Crippen molar-refractivity contribution in [2.45, 2.75) is 44.4 Å². The van der Waals surface area contributed by atoms with E-state index < -0.39 is 27.3 Å². The quantitative estimate of drug-likeness (QED) is 0.330. The molecule has 2 aliphatic rings. The number of hydrogen-bond acceptors (Lipinski definition) is 7. The van der Waals surface area contributed by atoms with Crippen LogP contribution in [0.1, 0.15) is 50.0 Å². The number of pyridine rings is 1. The molecule has 0 bridgehead atoms. The SMILES string of the molecule is N#CC[C@@H](CS(=O)(=O)CCCCCN1CC(=O)NC1=O)c1cc(OCC2CC2)[nH]c(=O)c1. The molecule has 2 N–H and O–H groups in total. The van der Waals surface area contributed by atoms with Crippen molar-refractivity contribution in [1.82, 2.24) is 15.2 Å². The van der Waals surface area contributed by atoms with E-state index in [0.29, 0.717) is 49.8 Å². The molecule has 0 radical (unpaired) electrons. The van der Waals surface area contributed by atoms with Gasteiger partial charge in [0.1, 0.15) is 6.54 Å². The molecule has 1 saturated heterocycles. The van der Waals surface area contributed by atoms with Gasteiger partial charge in [-0.15, -0.1) is 0 Å². The zero-order valence-corrected chi connectivity index (χ0v) is 18.7. The Balaban J connectivity index is 1.51. The first-order valence-corrected chi connectivity index (χ1v) is 12.6. The number of ether oxygens (including phenoxy) is 1. The van der Waals surface area contributed by atoms with Crippen LogP contribution in [0.5, 0.6) is 5.88 Å². The number of H-pyrrole nitrogens is 1. The number of sulfone groups is 1. The Morgan fingerprint density at radius 2 is 1.97 bits per heavy atom. The third-order valence-electron chi connectivity index (χ3n) is 5.53. The van der Waals surface area contributed by atoms with Gasteiger partial charge in [-0.1, -0.05) is 6.42 Å². The number of aromatic amines is 1. The van der Waals surface area contributed by atoms with Crippen LogP contribution in [0.2, 0.25) is 0 Å². The van der Waals surface area contributed by atoms with E-state index in [9.17, 15) is 28.1 Å². The molecule has 1 aliphatic carbocycles. The topological polar surface area (TPSA) is 149 Å². The van der Waals surface area contributed by atoms with Crippen LogP contribution < -0.4 is 15.6 Å². The zero-order chi connectivity index (χ0) is 23.1. The Hall–Kier alpha value is -2.87. The molecule has 3 rings (SSSR count). The lowest BCUT2D eigenvalue weighted by Gasteiger charge is -2.16. The summed E-state index contributed by atoms with van der Waals surface area (Å²) in [6.07, 6.45) is 3.77. The first kappa shape index (κ1) is 23.8. The number of nitrogens with zero attached hydrogens (tertiary/aromatic N) is 2. The van der Waals surface area contributed by atoms with Gasteiger partial charge in [0.2, 0.25) is 5.91 Å². The molecule has 1 atom stereocenters. The minimum atomic E-state index is -3.46. The summed E-state index contributed by atoms with van der Waals surface area (Å²) in [5, 5.41) is 11.4. The van der Waals surface area contributed by atoms with Crippen molar-refractivity contribution in [1.29, 1.82) is 5.26 Å². The Bertz CT molecular complexity index is 1040. The number of nitriles is 1. The molecule has 2 fully saturated rings. The first-order valence-electron chi connectivity index (χ1n) is 10.8. The lowest BCUT2D eigenvalue weighted by Crippen LogP contribution is -2.29. The Morgan fingerprint density at radius 3 is 2.62 bits per heavy atom. The van der Waals surface area contributed by atoms with Crippen molar-refractivity contribution in [2.75, 3.05) is 31.2 Å². The molecular formula is C21H28N4O6S. The average molecular weight is 465 g/mol. The van der Waals surface area contributed by atoms with E-state index >= 15 is 0 Å². The predicted octanol–water partition coefficient (Wildman–Crippen LogP) is 1.30. The zero-order valence-electron chi connectivity index (χ0n) is 17.8. The van der Waals surface area contributed by atoms with E-state index in [1.807, 2.05) is 6.07 Å². The minimum absolute atomic E-state index is 0.0250. The summed E-state index contributed by atoms with van der Waals surface area (Å²) < 4.78 is 30.9. The number of amides is 3. The molecule has 3 amide bonds. The first-order chi connectivity index (χ1) is 15.3. The van der Waals surface area contributed by atoms with Crippen molar-refractivity contribution < 1.29 is 22.7 Å². The number of rotatable bonds is 13. The maximum atomic E-state index is 12.7. The van der Waals surface area contributed by atoms with Crippen LogP contribution in [0.25, 0.3) is 0 Å². The maximum Gasteiger partial charge on any atom is 0.324 e. The molecule has 174 valence electrons. The number of carbonyl (C=O) groups is 2. The molecule has 1 aliphatic heterocycles. The maximum absolute atomic E-state index is 12.7. The molecule has 10 nitrogen and oxygen atoms in total. The molecule has 1 aromatic heterocycles. The highest BCUT2D eigenvalue weighted by atomic mass is 32.2. The smallest absolute Gasteiger partial charge is 0.324 e. The van der Waals surface area contributed by atoms with Gasteiger partial charge < -0.3 is 9.64 Å². The average Bonchev–Trinajstić information content (AvgIpc) is 3.49. The molecule has 11 heteroatoms. The van der Waals surface area contributed by atoms with Gasteiger partial charge in [-0.3, -0.25) is 19.9 Å². The third-order valence-corrected chi connectivity index (χ3v) is 7.35. The van der Waals surface area contributed by atoms with Gasteiger partial charge >= 0.3 is 6.03 Å². The molecule has 0 aromatic carbocycles. The summed E-state index contributed by atoms with van der Waals surface area (Å²) in [5.41, 5.74) is 0.0902. The van der Waals surface area contributed by atoms with Crippen LogP contribution in [0, 0.1) is 17.2 Å². The molecule has 1 aromatic rings. The van der Waals surface area contributed by atoms with E-state index in [4.69, 9.17) is 4.74 Å². The van der Waals surface area contributed by atoms with Crippen molar-refractivity contribution in [3.05, 3.63) is 28.0 Å². The number of urea groups is 1. The van der Waals surface area contributed by atoms with Crippen molar-refractivity contribution in [2.24, 2.45) is 5.92 Å². The van der Waals surface area contributed by atoms with Crippen LogP contribution in [-0.2, 0) is 14.6 Å². The van der Waals surface area contributed by atoms with Gasteiger partial charge in [0.05, 0.1) is 24.2 Å². The number of aromatic nitrogens is 1. The number of nitrogens with one attached hydrogen (secondary N) is 2. The van der Waals surface area contributed by atoms with Crippen molar-refractivity contribution in [3.8, 4) is 11.9 Å². The fourth-order valence-electron chi connectivity index (χ4n) is 3.58. The van der Waals surface area contributed by atoms with E-state index in [0.717, 1.165) is 12.8 Å².